The van der Waals surface area contributed by atoms with Crippen LogP contribution in [0.1, 0.15) is 82.8 Å². The summed E-state index contributed by atoms with van der Waals surface area (Å²) in [5, 5.41) is 5.85. The number of carbonyl (C=O) groups excluding carboxylic acids is 4. The molecule has 4 heterocycles. The topological polar surface area (TPSA) is 134 Å². The van der Waals surface area contributed by atoms with Crippen molar-refractivity contribution in [1.82, 2.24) is 25.1 Å². The van der Waals surface area contributed by atoms with E-state index in [0.29, 0.717) is 54.0 Å². The monoisotopic (exact) mass is 670 g/mol. The number of nitrogens with zero attached hydrogens (tertiary/aromatic N) is 4. The van der Waals surface area contributed by atoms with Crippen LogP contribution < -0.4 is 10.6 Å². The van der Waals surface area contributed by atoms with Crippen LogP contribution in [-0.2, 0) is 16.1 Å². The molecule has 254 valence electrons. The minimum absolute atomic E-state index is 0.0703. The summed E-state index contributed by atoms with van der Waals surface area (Å²) in [6.45, 7) is 6.78. The molecule has 1 atom stereocenters. The third kappa shape index (κ3) is 8.15. The molecular weight excluding hydrogens is 632 g/mol. The second-order valence-corrected chi connectivity index (χ2v) is 13.2. The van der Waals surface area contributed by atoms with Gasteiger partial charge in [-0.05, 0) is 81.1 Å². The van der Waals surface area contributed by atoms with Crippen LogP contribution in [0.2, 0.25) is 0 Å². The van der Waals surface area contributed by atoms with Gasteiger partial charge in [-0.3, -0.25) is 14.4 Å². The predicted molar refractivity (Wildman–Crippen MR) is 187 cm³/mol. The first-order chi connectivity index (χ1) is 24.0. The number of benzene rings is 2. The Kier molecular flexibility index (Phi) is 9.90. The molecular formula is C39H38N6O5. The maximum atomic E-state index is 13.7. The number of piperidine rings is 1. The highest BCUT2D eigenvalue weighted by molar-refractivity contribution is 6.04. The minimum Gasteiger partial charge on any atom is -0.444 e. The standard InChI is InChI=1S/C39H38N6O5/c1-39(2,3)50-38(49)44-21-18-30(19-22-44)42-35(46)32-17-15-27(24-41-32)13-12-26-14-16-29-25-45(37(48)31(29)23-26)34(28-9-5-4-6-10-28)36(47)43-33-11-7-8-20-40-33/h4-11,14-17,20,23-24,30,34H,18-19,21-22,25H2,1-3H3,(H,42,46)(H,40,43,47). The summed E-state index contributed by atoms with van der Waals surface area (Å²) in [6.07, 6.45) is 4.04. The van der Waals surface area contributed by atoms with Crippen LogP contribution in [0.3, 0.4) is 0 Å². The molecule has 2 aliphatic heterocycles. The Morgan fingerprint density at radius 1 is 0.900 bits per heavy atom. The Labute approximate surface area is 291 Å². The highest BCUT2D eigenvalue weighted by atomic mass is 16.6. The smallest absolute Gasteiger partial charge is 0.410 e. The second kappa shape index (κ2) is 14.6. The van der Waals surface area contributed by atoms with Gasteiger partial charge < -0.3 is 25.2 Å². The van der Waals surface area contributed by atoms with Crippen molar-refractivity contribution in [2.24, 2.45) is 0 Å². The zero-order valence-electron chi connectivity index (χ0n) is 28.2. The van der Waals surface area contributed by atoms with Crippen LogP contribution in [0.15, 0.2) is 91.3 Å². The lowest BCUT2D eigenvalue weighted by Crippen LogP contribution is -2.47. The van der Waals surface area contributed by atoms with E-state index in [2.05, 4.69) is 32.4 Å². The number of hydrogen-bond acceptors (Lipinski definition) is 7. The van der Waals surface area contributed by atoms with E-state index in [1.54, 1.807) is 52.4 Å². The van der Waals surface area contributed by atoms with E-state index in [9.17, 15) is 19.2 Å². The van der Waals surface area contributed by atoms with Gasteiger partial charge in [0.25, 0.3) is 17.7 Å². The van der Waals surface area contributed by atoms with E-state index in [0.717, 1.165) is 5.56 Å². The van der Waals surface area contributed by atoms with Crippen molar-refractivity contribution < 1.29 is 23.9 Å². The van der Waals surface area contributed by atoms with Crippen LogP contribution in [0.25, 0.3) is 0 Å². The lowest BCUT2D eigenvalue weighted by atomic mass is 10.0. The van der Waals surface area contributed by atoms with Gasteiger partial charge in [0.2, 0.25) is 0 Å². The first-order valence-corrected chi connectivity index (χ1v) is 16.5. The Balaban J connectivity index is 1.08. The molecule has 2 aliphatic rings. The fourth-order valence-electron chi connectivity index (χ4n) is 5.89. The number of ether oxygens (including phenoxy) is 1. The average molecular weight is 671 g/mol. The fraction of sp³-hybridized carbons (Fsp3) is 0.282. The van der Waals surface area contributed by atoms with E-state index in [4.69, 9.17) is 4.74 Å². The maximum absolute atomic E-state index is 13.7. The van der Waals surface area contributed by atoms with Crippen LogP contribution in [0.4, 0.5) is 10.6 Å². The van der Waals surface area contributed by atoms with Crippen LogP contribution in [0.5, 0.6) is 0 Å². The number of hydrogen-bond donors (Lipinski definition) is 2. The summed E-state index contributed by atoms with van der Waals surface area (Å²) in [5.41, 5.74) is 2.94. The van der Waals surface area contributed by atoms with E-state index in [1.807, 2.05) is 63.2 Å². The summed E-state index contributed by atoms with van der Waals surface area (Å²) < 4.78 is 5.45. The van der Waals surface area contributed by atoms with Gasteiger partial charge in [-0.25, -0.2) is 14.8 Å². The third-order valence-corrected chi connectivity index (χ3v) is 8.36. The normalized spacial score (nSPS) is 15.0. The van der Waals surface area contributed by atoms with Crippen LogP contribution in [-0.4, -0.2) is 68.3 Å². The van der Waals surface area contributed by atoms with Crippen LogP contribution in [0, 0.1) is 11.8 Å². The summed E-state index contributed by atoms with van der Waals surface area (Å²) in [4.78, 5) is 64.2. The molecule has 2 aromatic carbocycles. The fourth-order valence-corrected chi connectivity index (χ4v) is 5.89. The molecule has 1 fully saturated rings. The molecule has 4 amide bonds. The number of anilines is 1. The molecule has 0 bridgehead atoms. The highest BCUT2D eigenvalue weighted by Crippen LogP contribution is 2.33. The molecule has 11 heteroatoms. The number of fused-ring (bicyclic) bond motifs is 1. The summed E-state index contributed by atoms with van der Waals surface area (Å²) in [6, 6.07) is 22.3. The number of pyridine rings is 2. The molecule has 0 saturated carbocycles. The van der Waals surface area contributed by atoms with Gasteiger partial charge in [0.15, 0.2) is 0 Å². The third-order valence-electron chi connectivity index (χ3n) is 8.36. The minimum atomic E-state index is -0.862. The Morgan fingerprint density at radius 3 is 2.30 bits per heavy atom. The van der Waals surface area contributed by atoms with Gasteiger partial charge in [-0.1, -0.05) is 54.3 Å². The van der Waals surface area contributed by atoms with E-state index in [-0.39, 0.29) is 42.1 Å². The molecule has 4 aromatic rings. The quantitative estimate of drug-likeness (QED) is 0.265. The summed E-state index contributed by atoms with van der Waals surface area (Å²) in [7, 11) is 0. The molecule has 1 unspecified atom stereocenters. The van der Waals surface area contributed by atoms with Crippen molar-refractivity contribution >= 4 is 29.6 Å². The first kappa shape index (κ1) is 33.9. The zero-order chi connectivity index (χ0) is 35.3. The Hall–Kier alpha value is -6.02. The average Bonchev–Trinajstić information content (AvgIpc) is 3.42. The van der Waals surface area contributed by atoms with Crippen molar-refractivity contribution in [3.63, 3.8) is 0 Å². The van der Waals surface area contributed by atoms with Crippen molar-refractivity contribution in [2.75, 3.05) is 18.4 Å². The van der Waals surface area contributed by atoms with Gasteiger partial charge >= 0.3 is 6.09 Å². The SMILES string of the molecule is CC(C)(C)OC(=O)N1CCC(NC(=O)c2ccc(C#Cc3ccc4c(c3)C(=O)N(C(C(=O)Nc3ccccn3)c3ccccc3)C4)cn2)CC1. The van der Waals surface area contributed by atoms with Crippen LogP contribution >= 0.6 is 0 Å². The molecule has 6 rings (SSSR count). The predicted octanol–water partition coefficient (Wildman–Crippen LogP) is 5.34. The Bertz CT molecular complexity index is 1940. The Morgan fingerprint density at radius 2 is 1.62 bits per heavy atom. The van der Waals surface area contributed by atoms with Crippen molar-refractivity contribution in [3.05, 3.63) is 125 Å². The van der Waals surface area contributed by atoms with Crippen molar-refractivity contribution in [3.8, 4) is 11.8 Å². The maximum Gasteiger partial charge on any atom is 0.410 e. The molecule has 11 nitrogen and oxygen atoms in total. The van der Waals surface area contributed by atoms with E-state index < -0.39 is 11.6 Å². The molecule has 50 heavy (non-hydrogen) atoms. The summed E-state index contributed by atoms with van der Waals surface area (Å²) >= 11 is 0. The molecule has 2 N–H and O–H groups in total. The summed E-state index contributed by atoms with van der Waals surface area (Å²) in [5.74, 6) is 5.65. The van der Waals surface area contributed by atoms with E-state index >= 15 is 0 Å². The van der Waals surface area contributed by atoms with Crippen molar-refractivity contribution in [2.45, 2.75) is 57.8 Å². The zero-order valence-corrected chi connectivity index (χ0v) is 28.2. The molecule has 0 spiro atoms. The number of rotatable bonds is 6. The molecule has 0 radical (unpaired) electrons. The lowest BCUT2D eigenvalue weighted by Gasteiger charge is -2.33. The highest BCUT2D eigenvalue weighted by Gasteiger charge is 2.37. The van der Waals surface area contributed by atoms with Gasteiger partial charge in [0.1, 0.15) is 23.2 Å². The number of aromatic nitrogens is 2. The van der Waals surface area contributed by atoms with Gasteiger partial charge in [-0.15, -0.1) is 0 Å². The molecule has 2 aromatic heterocycles. The number of amides is 4. The van der Waals surface area contributed by atoms with Gasteiger partial charge in [-0.2, -0.15) is 0 Å². The largest absolute Gasteiger partial charge is 0.444 e. The van der Waals surface area contributed by atoms with Gasteiger partial charge in [0, 0.05) is 54.8 Å². The second-order valence-electron chi connectivity index (χ2n) is 13.2. The van der Waals surface area contributed by atoms with Crippen molar-refractivity contribution in [1.29, 1.82) is 0 Å². The van der Waals surface area contributed by atoms with E-state index in [1.165, 1.54) is 6.20 Å². The number of likely N-dealkylation sites (tertiary alicyclic amines) is 1. The number of carbonyl (C=O) groups is 4. The molecule has 1 saturated heterocycles. The lowest BCUT2D eigenvalue weighted by molar-refractivity contribution is -0.120. The first-order valence-electron chi connectivity index (χ1n) is 16.5. The van der Waals surface area contributed by atoms with Gasteiger partial charge in [0.05, 0.1) is 0 Å². The number of nitrogens with one attached hydrogen (secondary N) is 2. The molecule has 0 aliphatic carbocycles.